The van der Waals surface area contributed by atoms with E-state index in [4.69, 9.17) is 4.65 Å². The molecule has 0 saturated heterocycles. The molecular weight excluding hydrogens is 435 g/mol. The highest BCUT2D eigenvalue weighted by Gasteiger charge is 2.42. The van der Waals surface area contributed by atoms with Crippen LogP contribution in [0.2, 0.25) is 0 Å². The lowest BCUT2D eigenvalue weighted by Gasteiger charge is -2.39. The van der Waals surface area contributed by atoms with Gasteiger partial charge in [-0.15, -0.1) is 10.0 Å². The third-order valence-electron chi connectivity index (χ3n) is 7.15. The Hall–Kier alpha value is -2.79. The van der Waals surface area contributed by atoms with E-state index in [2.05, 4.69) is 103 Å². The van der Waals surface area contributed by atoms with Crippen molar-refractivity contribution in [2.45, 2.75) is 58.5 Å². The maximum atomic E-state index is 10.5. The van der Waals surface area contributed by atoms with Gasteiger partial charge < -0.3 is 9.76 Å². The first-order valence-corrected chi connectivity index (χ1v) is 13.4. The highest BCUT2D eigenvalue weighted by Crippen LogP contribution is 2.79. The first-order chi connectivity index (χ1) is 16.2. The molecule has 0 atom stereocenters. The van der Waals surface area contributed by atoms with Crippen LogP contribution in [0.15, 0.2) is 123 Å². The van der Waals surface area contributed by atoms with Crippen LogP contribution >= 0.6 is 10.0 Å². The Bertz CT molecular complexity index is 1270. The van der Waals surface area contributed by atoms with Crippen molar-refractivity contribution in [1.29, 1.82) is 0 Å². The molecule has 4 heteroatoms. The van der Waals surface area contributed by atoms with Crippen LogP contribution in [0, 0.1) is 0 Å². The number of benzene rings is 4. The highest BCUT2D eigenvalue weighted by molar-refractivity contribution is 8.34. The maximum absolute atomic E-state index is 10.5. The SMILES string of the molecule is CC(C)(O)C(C)(C)OBc1ccc2c(c1)-c1ccccc1S2(c1ccccc1)c1ccccc1. The van der Waals surface area contributed by atoms with Crippen molar-refractivity contribution in [3.05, 3.63) is 103 Å². The molecule has 0 saturated carbocycles. The van der Waals surface area contributed by atoms with Gasteiger partial charge >= 0.3 is 7.48 Å². The molecule has 0 unspecified atom stereocenters. The Morgan fingerprint density at radius 1 is 0.647 bits per heavy atom. The van der Waals surface area contributed by atoms with E-state index in [0.29, 0.717) is 7.48 Å². The van der Waals surface area contributed by atoms with Crippen molar-refractivity contribution >= 4 is 23.0 Å². The van der Waals surface area contributed by atoms with Gasteiger partial charge in [0.05, 0.1) is 11.2 Å². The van der Waals surface area contributed by atoms with Crippen molar-refractivity contribution < 1.29 is 9.76 Å². The van der Waals surface area contributed by atoms with Crippen LogP contribution < -0.4 is 5.46 Å². The van der Waals surface area contributed by atoms with Gasteiger partial charge in [0.1, 0.15) is 0 Å². The van der Waals surface area contributed by atoms with E-state index >= 15 is 0 Å². The zero-order valence-corrected chi connectivity index (χ0v) is 21.1. The first kappa shape index (κ1) is 23.0. The normalized spacial score (nSPS) is 15.3. The molecule has 1 heterocycles. The van der Waals surface area contributed by atoms with Crippen molar-refractivity contribution in [2.24, 2.45) is 0 Å². The molecule has 1 aliphatic heterocycles. The van der Waals surface area contributed by atoms with E-state index in [-0.39, 0.29) is 0 Å². The average Bonchev–Trinajstić information content (AvgIpc) is 3.14. The smallest absolute Gasteiger partial charge is 0.309 e. The minimum Gasteiger partial charge on any atom is -0.427 e. The van der Waals surface area contributed by atoms with Crippen LogP contribution in [0.5, 0.6) is 0 Å². The fraction of sp³-hybridized carbons (Fsp3) is 0.200. The molecule has 0 aromatic heterocycles. The summed E-state index contributed by atoms with van der Waals surface area (Å²) >= 11 is 0. The number of hydrogen-bond acceptors (Lipinski definition) is 2. The van der Waals surface area contributed by atoms with Gasteiger partial charge in [-0.25, -0.2) is 0 Å². The summed E-state index contributed by atoms with van der Waals surface area (Å²) < 4.78 is 6.21. The second-order valence-corrected chi connectivity index (χ2v) is 13.0. The van der Waals surface area contributed by atoms with Gasteiger partial charge in [0.25, 0.3) is 0 Å². The highest BCUT2D eigenvalue weighted by atomic mass is 32.3. The summed E-state index contributed by atoms with van der Waals surface area (Å²) in [5.74, 6) is 0. The Labute approximate surface area is 205 Å². The summed E-state index contributed by atoms with van der Waals surface area (Å²) in [7, 11) is -1.15. The third-order valence-corrected chi connectivity index (χ3v) is 11.1. The van der Waals surface area contributed by atoms with Gasteiger partial charge in [-0.1, -0.05) is 72.2 Å². The Balaban J connectivity index is 1.69. The fourth-order valence-corrected chi connectivity index (χ4v) is 8.77. The molecule has 5 rings (SSSR count). The van der Waals surface area contributed by atoms with Crippen LogP contribution in [0.4, 0.5) is 0 Å². The van der Waals surface area contributed by atoms with Gasteiger partial charge in [-0.2, -0.15) is 0 Å². The van der Waals surface area contributed by atoms with Crippen LogP contribution in [0.1, 0.15) is 27.7 Å². The Morgan fingerprint density at radius 3 is 1.76 bits per heavy atom. The van der Waals surface area contributed by atoms with Gasteiger partial charge in [0, 0.05) is 19.6 Å². The molecule has 0 amide bonds. The molecule has 34 heavy (non-hydrogen) atoms. The molecule has 0 spiro atoms. The number of rotatable bonds is 6. The van der Waals surface area contributed by atoms with E-state index in [1.165, 1.54) is 30.7 Å². The van der Waals surface area contributed by atoms with Gasteiger partial charge in [-0.05, 0) is 75.2 Å². The molecule has 0 fully saturated rings. The molecule has 1 N–H and O–H groups in total. The lowest BCUT2D eigenvalue weighted by Crippen LogP contribution is -2.49. The van der Waals surface area contributed by atoms with Crippen molar-refractivity contribution in [1.82, 2.24) is 0 Å². The van der Waals surface area contributed by atoms with E-state index in [0.717, 1.165) is 5.46 Å². The first-order valence-electron chi connectivity index (χ1n) is 11.8. The average molecular weight is 466 g/mol. The predicted molar refractivity (Wildman–Crippen MR) is 144 cm³/mol. The fourth-order valence-electron chi connectivity index (χ4n) is 4.55. The summed E-state index contributed by atoms with van der Waals surface area (Å²) in [6.45, 7) is 7.47. The molecule has 0 bridgehead atoms. The molecule has 0 aliphatic carbocycles. The molecule has 172 valence electrons. The lowest BCUT2D eigenvalue weighted by atomic mass is 9.81. The largest absolute Gasteiger partial charge is 0.427 e. The summed E-state index contributed by atoms with van der Waals surface area (Å²) in [5, 5.41) is 10.5. The summed E-state index contributed by atoms with van der Waals surface area (Å²) in [6, 6.07) is 37.5. The van der Waals surface area contributed by atoms with E-state index in [9.17, 15) is 5.11 Å². The molecule has 4 aromatic carbocycles. The van der Waals surface area contributed by atoms with Gasteiger partial charge in [0.15, 0.2) is 0 Å². The van der Waals surface area contributed by atoms with Crippen molar-refractivity contribution in [3.63, 3.8) is 0 Å². The summed E-state index contributed by atoms with van der Waals surface area (Å²) in [6.07, 6.45) is 0. The minimum absolute atomic E-state index is 0.450. The zero-order chi connectivity index (χ0) is 24.0. The van der Waals surface area contributed by atoms with E-state index in [1.54, 1.807) is 13.8 Å². The van der Waals surface area contributed by atoms with Crippen LogP contribution in [-0.4, -0.2) is 23.8 Å². The number of hydrogen-bond donors (Lipinski definition) is 1. The molecule has 4 aromatic rings. The molecular formula is C30H31BO2S. The molecule has 1 aliphatic rings. The second-order valence-electron chi connectivity index (χ2n) is 9.92. The molecule has 0 radical (unpaired) electrons. The zero-order valence-electron chi connectivity index (χ0n) is 20.3. The predicted octanol–water partition coefficient (Wildman–Crippen LogP) is 6.55. The third kappa shape index (κ3) is 3.61. The van der Waals surface area contributed by atoms with Crippen molar-refractivity contribution in [2.75, 3.05) is 0 Å². The minimum atomic E-state index is -1.60. The maximum Gasteiger partial charge on any atom is 0.309 e. The summed E-state index contributed by atoms with van der Waals surface area (Å²) in [5.41, 5.74) is 2.09. The standard InChI is InChI=1S/C30H31BO2S/c1-29(2,32)30(3,4)33-31-22-19-20-28-26(21-22)25-17-11-12-18-27(25)34(28,23-13-7-5-8-14-23)24-15-9-6-10-16-24/h5-21,31-32H,1-4H3. The van der Waals surface area contributed by atoms with Crippen LogP contribution in [0.3, 0.4) is 0 Å². The second kappa shape index (κ2) is 8.46. The monoisotopic (exact) mass is 466 g/mol. The number of aliphatic hydroxyl groups is 1. The number of fused-ring (bicyclic) bond motifs is 3. The topological polar surface area (TPSA) is 29.5 Å². The quantitative estimate of drug-likeness (QED) is 0.288. The van der Waals surface area contributed by atoms with Crippen molar-refractivity contribution in [3.8, 4) is 11.1 Å². The summed E-state index contributed by atoms with van der Waals surface area (Å²) in [4.78, 5) is 5.45. The van der Waals surface area contributed by atoms with Gasteiger partial charge in [-0.3, -0.25) is 0 Å². The Morgan fingerprint density at radius 2 is 1.18 bits per heavy atom. The van der Waals surface area contributed by atoms with E-state index < -0.39 is 21.2 Å². The Kier molecular flexibility index (Phi) is 5.72. The van der Waals surface area contributed by atoms with Gasteiger partial charge in [0.2, 0.25) is 0 Å². The molecule has 2 nitrogen and oxygen atoms in total. The lowest BCUT2D eigenvalue weighted by molar-refractivity contribution is -0.0893. The van der Waals surface area contributed by atoms with E-state index in [1.807, 2.05) is 13.8 Å². The van der Waals surface area contributed by atoms with Crippen LogP contribution in [0.25, 0.3) is 11.1 Å². The van der Waals surface area contributed by atoms with Crippen LogP contribution in [-0.2, 0) is 4.65 Å².